The maximum atomic E-state index is 5.00. The Bertz CT molecular complexity index is 332. The molecule has 2 rings (SSSR count). The van der Waals surface area contributed by atoms with Gasteiger partial charge >= 0.3 is 0 Å². The minimum absolute atomic E-state index is 0.760. The van der Waals surface area contributed by atoms with Crippen LogP contribution in [0.5, 0.6) is 0 Å². The second-order valence-corrected chi connectivity index (χ2v) is 5.24. The van der Waals surface area contributed by atoms with Crippen LogP contribution in [0.25, 0.3) is 0 Å². The molecule has 4 heteroatoms. The van der Waals surface area contributed by atoms with Crippen LogP contribution in [0.4, 0.5) is 0 Å². The number of methoxy groups -OCH3 is 1. The fourth-order valence-corrected chi connectivity index (χ4v) is 2.64. The van der Waals surface area contributed by atoms with Gasteiger partial charge in [-0.3, -0.25) is 4.68 Å². The largest absolute Gasteiger partial charge is 0.383 e. The molecule has 0 aliphatic heterocycles. The van der Waals surface area contributed by atoms with Crippen molar-refractivity contribution < 1.29 is 4.74 Å². The van der Waals surface area contributed by atoms with Crippen LogP contribution >= 0.6 is 0 Å². The third kappa shape index (κ3) is 4.42. The van der Waals surface area contributed by atoms with E-state index in [1.165, 1.54) is 37.7 Å². The van der Waals surface area contributed by atoms with E-state index in [2.05, 4.69) is 21.3 Å². The number of nitrogens with zero attached hydrogens (tertiary/aromatic N) is 2. The average molecular weight is 251 g/mol. The lowest BCUT2D eigenvalue weighted by atomic mass is 9.89. The van der Waals surface area contributed by atoms with Crippen molar-refractivity contribution in [2.75, 3.05) is 20.3 Å². The van der Waals surface area contributed by atoms with Crippen molar-refractivity contribution in [2.45, 2.75) is 45.2 Å². The Morgan fingerprint density at radius 2 is 2.22 bits per heavy atom. The highest BCUT2D eigenvalue weighted by atomic mass is 16.5. The predicted molar refractivity (Wildman–Crippen MR) is 72.4 cm³/mol. The summed E-state index contributed by atoms with van der Waals surface area (Å²) in [6.45, 7) is 3.63. The van der Waals surface area contributed by atoms with Crippen molar-refractivity contribution >= 4 is 0 Å². The Labute approximate surface area is 110 Å². The number of ether oxygens (including phenoxy) is 1. The molecule has 0 radical (unpaired) electrons. The van der Waals surface area contributed by atoms with Gasteiger partial charge in [0.25, 0.3) is 0 Å². The number of hydrogen-bond donors (Lipinski definition) is 1. The first-order chi connectivity index (χ1) is 8.88. The molecular weight excluding hydrogens is 226 g/mol. The summed E-state index contributed by atoms with van der Waals surface area (Å²) >= 11 is 0. The van der Waals surface area contributed by atoms with Crippen molar-refractivity contribution in [1.82, 2.24) is 15.1 Å². The summed E-state index contributed by atoms with van der Waals surface area (Å²) in [7, 11) is 1.73. The monoisotopic (exact) mass is 251 g/mol. The molecule has 0 bridgehead atoms. The molecule has 1 aliphatic rings. The molecule has 0 unspecified atom stereocenters. The van der Waals surface area contributed by atoms with Gasteiger partial charge in [0.2, 0.25) is 0 Å². The van der Waals surface area contributed by atoms with E-state index in [1.54, 1.807) is 7.11 Å². The van der Waals surface area contributed by atoms with Crippen LogP contribution in [0, 0.1) is 5.92 Å². The van der Waals surface area contributed by atoms with Crippen LogP contribution in [-0.4, -0.2) is 30.0 Å². The highest BCUT2D eigenvalue weighted by Gasteiger charge is 2.14. The van der Waals surface area contributed by atoms with Crippen molar-refractivity contribution in [1.29, 1.82) is 0 Å². The summed E-state index contributed by atoms with van der Waals surface area (Å²) in [5, 5.41) is 7.80. The highest BCUT2D eigenvalue weighted by Crippen LogP contribution is 2.24. The van der Waals surface area contributed by atoms with Gasteiger partial charge in [0, 0.05) is 38.5 Å². The zero-order valence-electron chi connectivity index (χ0n) is 11.4. The fraction of sp³-hybridized carbons (Fsp3) is 0.786. The molecule has 1 aromatic rings. The minimum atomic E-state index is 0.760. The number of aromatic nitrogens is 2. The molecule has 18 heavy (non-hydrogen) atoms. The normalized spacial score (nSPS) is 17.2. The van der Waals surface area contributed by atoms with E-state index >= 15 is 0 Å². The van der Waals surface area contributed by atoms with Crippen LogP contribution in [0.1, 0.15) is 37.7 Å². The molecule has 0 saturated heterocycles. The lowest BCUT2D eigenvalue weighted by Gasteiger charge is -2.21. The fourth-order valence-electron chi connectivity index (χ4n) is 2.64. The van der Waals surface area contributed by atoms with Crippen molar-refractivity contribution in [3.05, 3.63) is 18.0 Å². The van der Waals surface area contributed by atoms with Gasteiger partial charge in [0.15, 0.2) is 0 Å². The maximum Gasteiger partial charge on any atom is 0.0587 e. The predicted octanol–water partition coefficient (Wildman–Crippen LogP) is 2.20. The molecule has 0 aromatic carbocycles. The molecule has 4 nitrogen and oxygen atoms in total. The molecule has 1 fully saturated rings. The molecule has 1 aliphatic carbocycles. The van der Waals surface area contributed by atoms with Gasteiger partial charge in [-0.1, -0.05) is 19.3 Å². The van der Waals surface area contributed by atoms with Crippen molar-refractivity contribution in [2.24, 2.45) is 5.92 Å². The zero-order chi connectivity index (χ0) is 12.6. The van der Waals surface area contributed by atoms with E-state index in [1.807, 2.05) is 6.20 Å². The number of nitrogens with one attached hydrogen (secondary N) is 1. The molecule has 1 saturated carbocycles. The van der Waals surface area contributed by atoms with Crippen LogP contribution < -0.4 is 5.32 Å². The summed E-state index contributed by atoms with van der Waals surface area (Å²) in [4.78, 5) is 0. The third-order valence-corrected chi connectivity index (χ3v) is 3.67. The first-order valence-corrected chi connectivity index (χ1v) is 7.09. The highest BCUT2D eigenvalue weighted by molar-refractivity contribution is 5.03. The molecule has 102 valence electrons. The summed E-state index contributed by atoms with van der Waals surface area (Å²) in [6.07, 6.45) is 11.1. The number of rotatable bonds is 7. The standard InChI is InChI=1S/C14H25N3O/c1-18-8-7-15-9-14-10-16-17(12-14)11-13-5-3-2-4-6-13/h10,12-13,15H,2-9,11H2,1H3. The molecule has 1 heterocycles. The van der Waals surface area contributed by atoms with Crippen molar-refractivity contribution in [3.63, 3.8) is 0 Å². The third-order valence-electron chi connectivity index (χ3n) is 3.67. The second kappa shape index (κ2) is 7.54. The van der Waals surface area contributed by atoms with E-state index in [-0.39, 0.29) is 0 Å². The molecule has 0 amide bonds. The van der Waals surface area contributed by atoms with Gasteiger partial charge in [0.1, 0.15) is 0 Å². The molecule has 1 N–H and O–H groups in total. The van der Waals surface area contributed by atoms with E-state index in [9.17, 15) is 0 Å². The van der Waals surface area contributed by atoms with E-state index in [0.717, 1.165) is 32.2 Å². The molecule has 1 aromatic heterocycles. The van der Waals surface area contributed by atoms with Crippen LogP contribution in [-0.2, 0) is 17.8 Å². The van der Waals surface area contributed by atoms with Gasteiger partial charge in [-0.15, -0.1) is 0 Å². The topological polar surface area (TPSA) is 39.1 Å². The van der Waals surface area contributed by atoms with Gasteiger partial charge in [-0.2, -0.15) is 5.10 Å². The average Bonchev–Trinajstić information content (AvgIpc) is 2.84. The quantitative estimate of drug-likeness (QED) is 0.755. The van der Waals surface area contributed by atoms with Crippen LogP contribution in [0.3, 0.4) is 0 Å². The van der Waals surface area contributed by atoms with Crippen LogP contribution in [0.15, 0.2) is 12.4 Å². The first kappa shape index (κ1) is 13.6. The first-order valence-electron chi connectivity index (χ1n) is 7.09. The Kier molecular flexibility index (Phi) is 5.68. The number of hydrogen-bond acceptors (Lipinski definition) is 3. The Hall–Kier alpha value is -0.870. The molecule has 0 spiro atoms. The molecule has 0 atom stereocenters. The van der Waals surface area contributed by atoms with Gasteiger partial charge in [-0.05, 0) is 18.8 Å². The Balaban J connectivity index is 1.71. The van der Waals surface area contributed by atoms with Gasteiger partial charge in [0.05, 0.1) is 12.8 Å². The summed E-state index contributed by atoms with van der Waals surface area (Å²) in [5.74, 6) is 0.841. The summed E-state index contributed by atoms with van der Waals surface area (Å²) in [5.41, 5.74) is 1.27. The van der Waals surface area contributed by atoms with E-state index < -0.39 is 0 Å². The summed E-state index contributed by atoms with van der Waals surface area (Å²) in [6, 6.07) is 0. The van der Waals surface area contributed by atoms with Gasteiger partial charge < -0.3 is 10.1 Å². The van der Waals surface area contributed by atoms with Crippen molar-refractivity contribution in [3.8, 4) is 0 Å². The lowest BCUT2D eigenvalue weighted by Crippen LogP contribution is -2.18. The smallest absolute Gasteiger partial charge is 0.0587 e. The van der Waals surface area contributed by atoms with E-state index in [4.69, 9.17) is 4.74 Å². The minimum Gasteiger partial charge on any atom is -0.383 e. The van der Waals surface area contributed by atoms with E-state index in [0.29, 0.717) is 0 Å². The maximum absolute atomic E-state index is 5.00. The second-order valence-electron chi connectivity index (χ2n) is 5.24. The lowest BCUT2D eigenvalue weighted by molar-refractivity contribution is 0.199. The Morgan fingerprint density at radius 1 is 1.39 bits per heavy atom. The molecular formula is C14H25N3O. The van der Waals surface area contributed by atoms with Crippen LogP contribution in [0.2, 0.25) is 0 Å². The summed E-state index contributed by atoms with van der Waals surface area (Å²) < 4.78 is 7.12. The SMILES string of the molecule is COCCNCc1cnn(CC2CCCCC2)c1. The Morgan fingerprint density at radius 3 is 3.00 bits per heavy atom. The zero-order valence-corrected chi connectivity index (χ0v) is 11.4. The van der Waals surface area contributed by atoms with Gasteiger partial charge in [-0.25, -0.2) is 0 Å².